The number of fused-ring (bicyclic) bond motifs is 1. The van der Waals surface area contributed by atoms with E-state index >= 15 is 0 Å². The van der Waals surface area contributed by atoms with E-state index in [-0.39, 0.29) is 12.5 Å². The largest absolute Gasteiger partial charge is 0.497 e. The number of imide groups is 2. The fourth-order valence-corrected chi connectivity index (χ4v) is 3.33. The number of carbonyl (C=O) groups excluding carboxylic acids is 4. The molecule has 3 rings (SSSR count). The topological polar surface area (TPSA) is 87.2 Å². The number of hydrogen-bond donors (Lipinski definition) is 0. The van der Waals surface area contributed by atoms with Crippen molar-refractivity contribution in [1.29, 1.82) is 0 Å². The van der Waals surface area contributed by atoms with Crippen molar-refractivity contribution in [1.82, 2.24) is 14.7 Å². The molecule has 5 amide bonds. The van der Waals surface area contributed by atoms with Crippen LogP contribution in [0.2, 0.25) is 0 Å². The van der Waals surface area contributed by atoms with E-state index in [2.05, 4.69) is 0 Å². The molecule has 158 valence electrons. The van der Waals surface area contributed by atoms with Crippen molar-refractivity contribution in [2.75, 3.05) is 27.2 Å². The van der Waals surface area contributed by atoms with Crippen molar-refractivity contribution < 1.29 is 23.9 Å². The van der Waals surface area contributed by atoms with Crippen LogP contribution in [0.25, 0.3) is 10.8 Å². The van der Waals surface area contributed by atoms with Crippen LogP contribution in [0.15, 0.2) is 36.4 Å². The third-order valence-corrected chi connectivity index (χ3v) is 4.93. The van der Waals surface area contributed by atoms with E-state index in [4.69, 9.17) is 4.74 Å². The molecule has 30 heavy (non-hydrogen) atoms. The van der Waals surface area contributed by atoms with Crippen molar-refractivity contribution >= 4 is 34.5 Å². The van der Waals surface area contributed by atoms with E-state index in [9.17, 15) is 19.2 Å². The molecule has 0 unspecified atom stereocenters. The molecule has 1 heterocycles. The summed E-state index contributed by atoms with van der Waals surface area (Å²) in [6.45, 7) is 3.67. The lowest BCUT2D eigenvalue weighted by Gasteiger charge is -2.21. The second-order valence-corrected chi connectivity index (χ2v) is 7.78. The first-order valence-electron chi connectivity index (χ1n) is 9.69. The Labute approximate surface area is 175 Å². The summed E-state index contributed by atoms with van der Waals surface area (Å²) in [5.74, 6) is -1.47. The number of benzene rings is 2. The average molecular weight is 411 g/mol. The standard InChI is InChI=1S/C22H25N3O5/c1-14(2)11-24-20(27)21(28)25(22(24)29)13-19(26)23(3)12-15-5-6-17-10-18(30-4)8-7-16(17)9-15/h5-10,14H,11-13H2,1-4H3. The number of ether oxygens (including phenoxy) is 1. The summed E-state index contributed by atoms with van der Waals surface area (Å²) in [6, 6.07) is 10.8. The van der Waals surface area contributed by atoms with E-state index in [0.29, 0.717) is 6.54 Å². The van der Waals surface area contributed by atoms with Crippen molar-refractivity contribution in [3.8, 4) is 5.75 Å². The highest BCUT2D eigenvalue weighted by Crippen LogP contribution is 2.22. The van der Waals surface area contributed by atoms with Gasteiger partial charge < -0.3 is 9.64 Å². The molecule has 0 aromatic heterocycles. The van der Waals surface area contributed by atoms with Crippen LogP contribution in [0.4, 0.5) is 4.79 Å². The molecule has 1 aliphatic rings. The first kappa shape index (κ1) is 21.3. The van der Waals surface area contributed by atoms with Crippen molar-refractivity contribution in [3.63, 3.8) is 0 Å². The summed E-state index contributed by atoms with van der Waals surface area (Å²) in [7, 11) is 3.21. The maximum Gasteiger partial charge on any atom is 0.334 e. The Kier molecular flexibility index (Phi) is 6.05. The Balaban J connectivity index is 1.67. The van der Waals surface area contributed by atoms with Crippen LogP contribution < -0.4 is 4.74 Å². The minimum Gasteiger partial charge on any atom is -0.497 e. The van der Waals surface area contributed by atoms with Crippen LogP contribution in [0.3, 0.4) is 0 Å². The summed E-state index contributed by atoms with van der Waals surface area (Å²) >= 11 is 0. The van der Waals surface area contributed by atoms with Gasteiger partial charge in [-0.1, -0.05) is 32.0 Å². The smallest absolute Gasteiger partial charge is 0.334 e. The highest BCUT2D eigenvalue weighted by molar-refractivity contribution is 6.45. The maximum absolute atomic E-state index is 12.6. The number of likely N-dealkylation sites (N-methyl/N-ethyl adjacent to an activating group) is 1. The van der Waals surface area contributed by atoms with Gasteiger partial charge in [-0.2, -0.15) is 0 Å². The predicted octanol–water partition coefficient (Wildman–Crippen LogP) is 2.25. The molecule has 8 heteroatoms. The Morgan fingerprint density at radius 3 is 2.30 bits per heavy atom. The summed E-state index contributed by atoms with van der Waals surface area (Å²) in [5, 5.41) is 2.03. The van der Waals surface area contributed by atoms with Crippen LogP contribution >= 0.6 is 0 Å². The van der Waals surface area contributed by atoms with Gasteiger partial charge in [-0.15, -0.1) is 0 Å². The summed E-state index contributed by atoms with van der Waals surface area (Å²) in [5.41, 5.74) is 0.903. The molecule has 1 saturated heterocycles. The first-order chi connectivity index (χ1) is 14.2. The molecule has 8 nitrogen and oxygen atoms in total. The average Bonchev–Trinajstić information content (AvgIpc) is 2.91. The van der Waals surface area contributed by atoms with Crippen LogP contribution in [0, 0.1) is 5.92 Å². The van der Waals surface area contributed by atoms with Gasteiger partial charge in [-0.25, -0.2) is 9.69 Å². The number of carbonyl (C=O) groups is 4. The van der Waals surface area contributed by atoms with Crippen molar-refractivity contribution in [2.24, 2.45) is 5.92 Å². The van der Waals surface area contributed by atoms with Gasteiger partial charge >= 0.3 is 17.8 Å². The van der Waals surface area contributed by atoms with Crippen LogP contribution in [0.5, 0.6) is 5.75 Å². The minimum absolute atomic E-state index is 0.0249. The summed E-state index contributed by atoms with van der Waals surface area (Å²) < 4.78 is 5.23. The number of hydrogen-bond acceptors (Lipinski definition) is 5. The number of nitrogens with zero attached hydrogens (tertiary/aromatic N) is 3. The van der Waals surface area contributed by atoms with Gasteiger partial charge in [-0.3, -0.25) is 19.3 Å². The molecule has 0 atom stereocenters. The molecule has 0 spiro atoms. The number of amides is 5. The molecule has 0 saturated carbocycles. The monoisotopic (exact) mass is 411 g/mol. The van der Waals surface area contributed by atoms with Crippen LogP contribution in [-0.2, 0) is 20.9 Å². The van der Waals surface area contributed by atoms with E-state index in [1.807, 2.05) is 50.2 Å². The number of rotatable bonds is 7. The number of methoxy groups -OCH3 is 1. The van der Waals surface area contributed by atoms with Gasteiger partial charge in [0.05, 0.1) is 7.11 Å². The predicted molar refractivity (Wildman–Crippen MR) is 111 cm³/mol. The lowest BCUT2D eigenvalue weighted by Crippen LogP contribution is -2.42. The Morgan fingerprint density at radius 1 is 1.00 bits per heavy atom. The second kappa shape index (κ2) is 8.52. The SMILES string of the molecule is COc1ccc2cc(CN(C)C(=O)CN3C(=O)C(=O)N(CC(C)C)C3=O)ccc2c1. The normalized spacial score (nSPS) is 14.2. The Hall–Kier alpha value is -3.42. The third-order valence-electron chi connectivity index (χ3n) is 4.93. The fraction of sp³-hybridized carbons (Fsp3) is 0.364. The van der Waals surface area contributed by atoms with Crippen molar-refractivity contribution in [2.45, 2.75) is 20.4 Å². The summed E-state index contributed by atoms with van der Waals surface area (Å²) in [4.78, 5) is 52.3. The van der Waals surface area contributed by atoms with E-state index < -0.39 is 30.3 Å². The van der Waals surface area contributed by atoms with Gasteiger partial charge in [0.25, 0.3) is 0 Å². The Bertz CT molecular complexity index is 1020. The molecular weight excluding hydrogens is 386 g/mol. The van der Waals surface area contributed by atoms with Gasteiger partial charge in [-0.05, 0) is 40.5 Å². The highest BCUT2D eigenvalue weighted by atomic mass is 16.5. The molecule has 2 aromatic carbocycles. The van der Waals surface area contributed by atoms with E-state index in [1.165, 1.54) is 4.90 Å². The fourth-order valence-electron chi connectivity index (χ4n) is 3.33. The van der Waals surface area contributed by atoms with Crippen LogP contribution in [-0.4, -0.2) is 65.7 Å². The molecule has 1 fully saturated rings. The van der Waals surface area contributed by atoms with Gasteiger partial charge in [0.1, 0.15) is 12.3 Å². The highest BCUT2D eigenvalue weighted by Gasteiger charge is 2.45. The lowest BCUT2D eigenvalue weighted by atomic mass is 10.1. The quantitative estimate of drug-likeness (QED) is 0.515. The molecule has 0 aliphatic carbocycles. The van der Waals surface area contributed by atoms with Gasteiger partial charge in [0, 0.05) is 20.1 Å². The zero-order valence-corrected chi connectivity index (χ0v) is 17.5. The lowest BCUT2D eigenvalue weighted by molar-refractivity contribution is -0.144. The number of urea groups is 1. The molecule has 0 radical (unpaired) electrons. The molecule has 0 bridgehead atoms. The molecular formula is C22H25N3O5. The van der Waals surface area contributed by atoms with Crippen LogP contribution in [0.1, 0.15) is 19.4 Å². The second-order valence-electron chi connectivity index (χ2n) is 7.78. The zero-order valence-electron chi connectivity index (χ0n) is 17.5. The zero-order chi connectivity index (χ0) is 22.0. The molecule has 1 aliphatic heterocycles. The third kappa shape index (κ3) is 4.27. The Morgan fingerprint density at radius 2 is 1.63 bits per heavy atom. The van der Waals surface area contributed by atoms with Gasteiger partial charge in [0.15, 0.2) is 0 Å². The molecule has 0 N–H and O–H groups in total. The summed E-state index contributed by atoms with van der Waals surface area (Å²) in [6.07, 6.45) is 0. The minimum atomic E-state index is -0.956. The van der Waals surface area contributed by atoms with E-state index in [0.717, 1.165) is 31.9 Å². The van der Waals surface area contributed by atoms with Crippen molar-refractivity contribution in [3.05, 3.63) is 42.0 Å². The molecule has 2 aromatic rings. The van der Waals surface area contributed by atoms with Gasteiger partial charge in [0.2, 0.25) is 5.91 Å². The maximum atomic E-state index is 12.6. The van der Waals surface area contributed by atoms with E-state index in [1.54, 1.807) is 14.2 Å². The first-order valence-corrected chi connectivity index (χ1v) is 9.69.